The third kappa shape index (κ3) is 4.31. The van der Waals surface area contributed by atoms with Gasteiger partial charge in [-0.3, -0.25) is 19.4 Å². The van der Waals surface area contributed by atoms with Crippen LogP contribution in [0.5, 0.6) is 5.75 Å². The highest BCUT2D eigenvalue weighted by Gasteiger charge is 2.79. The van der Waals surface area contributed by atoms with Gasteiger partial charge in [-0.25, -0.2) is 0 Å². The number of aliphatic hydroxyl groups excluding tert-OH is 1. The second-order valence-electron chi connectivity index (χ2n) is 19.1. The van der Waals surface area contributed by atoms with Gasteiger partial charge in [-0.15, -0.1) is 0 Å². The molecular formula is C45H57N5O7. The molecule has 2 aliphatic carbocycles. The topological polar surface area (TPSA) is 165 Å². The summed E-state index contributed by atoms with van der Waals surface area (Å²) in [6.07, 6.45) is 6.12. The van der Waals surface area contributed by atoms with Crippen LogP contribution in [0.2, 0.25) is 0 Å². The molecule has 2 saturated carbocycles. The van der Waals surface area contributed by atoms with Gasteiger partial charge < -0.3 is 40.4 Å². The molecule has 4 fully saturated rings. The number of nitrogens with zero attached hydrogens (tertiary/aromatic N) is 3. The van der Waals surface area contributed by atoms with Gasteiger partial charge in [-0.2, -0.15) is 0 Å². The molecule has 3 aromatic rings. The van der Waals surface area contributed by atoms with Gasteiger partial charge in [0.25, 0.3) is 5.91 Å². The van der Waals surface area contributed by atoms with Crippen LogP contribution in [0.4, 0.5) is 5.69 Å². The van der Waals surface area contributed by atoms with Crippen molar-refractivity contribution in [3.63, 3.8) is 0 Å². The normalized spacial score (nSPS) is 41.3. The van der Waals surface area contributed by atoms with Crippen LogP contribution in [-0.4, -0.2) is 125 Å². The number of piperidine rings is 1. The van der Waals surface area contributed by atoms with Crippen molar-refractivity contribution in [3.8, 4) is 5.75 Å². The number of aromatic nitrogens is 1. The number of nitrogens with two attached hydrogens (primary N) is 1. The van der Waals surface area contributed by atoms with Crippen LogP contribution >= 0.6 is 0 Å². The second-order valence-corrected chi connectivity index (χ2v) is 19.1. The first-order chi connectivity index (χ1) is 27.1. The van der Waals surface area contributed by atoms with Crippen LogP contribution in [0.1, 0.15) is 75.3 Å². The molecule has 57 heavy (non-hydrogen) atoms. The second kappa shape index (κ2) is 11.8. The van der Waals surface area contributed by atoms with Gasteiger partial charge in [0.05, 0.1) is 25.9 Å². The first-order valence-corrected chi connectivity index (χ1v) is 20.9. The summed E-state index contributed by atoms with van der Waals surface area (Å²) in [4.78, 5) is 39.7. The number of rotatable bonds is 6. The van der Waals surface area contributed by atoms with E-state index in [-0.39, 0.29) is 18.0 Å². The van der Waals surface area contributed by atoms with Crippen molar-refractivity contribution in [2.45, 2.75) is 106 Å². The zero-order valence-electron chi connectivity index (χ0n) is 34.0. The van der Waals surface area contributed by atoms with Gasteiger partial charge in [-0.1, -0.05) is 51.1 Å². The number of hydrogen-bond donors (Lipinski definition) is 5. The molecule has 2 saturated heterocycles. The maximum atomic E-state index is 15.4. The Bertz CT molecular complexity index is 2260. The number of nitrogens with one attached hydrogen (secondary N) is 1. The lowest BCUT2D eigenvalue weighted by molar-refractivity contribution is -0.201. The van der Waals surface area contributed by atoms with Crippen molar-refractivity contribution < 1.29 is 34.4 Å². The molecule has 1 aromatic heterocycles. The molecule has 5 aliphatic heterocycles. The minimum atomic E-state index is -2.30. The van der Waals surface area contributed by atoms with Crippen LogP contribution in [0.25, 0.3) is 10.9 Å². The van der Waals surface area contributed by atoms with Gasteiger partial charge in [0.15, 0.2) is 5.60 Å². The third-order valence-corrected chi connectivity index (χ3v) is 16.7. The number of anilines is 1. The van der Waals surface area contributed by atoms with E-state index in [2.05, 4.69) is 46.8 Å². The number of fused-ring (bicyclic) bond motifs is 4. The minimum absolute atomic E-state index is 0.00538. The molecule has 7 aliphatic rings. The Hall–Kier alpha value is -3.94. The number of para-hydroxylation sites is 1. The molecule has 0 radical (unpaired) electrons. The Labute approximate surface area is 334 Å². The monoisotopic (exact) mass is 779 g/mol. The number of H-pyrrole nitrogens is 1. The van der Waals surface area contributed by atoms with Crippen molar-refractivity contribution >= 4 is 28.5 Å². The van der Waals surface area contributed by atoms with Crippen molar-refractivity contribution in [2.75, 3.05) is 52.3 Å². The first kappa shape index (κ1) is 37.3. The number of primary amides is 1. The molecule has 11 unspecified atom stereocenters. The van der Waals surface area contributed by atoms with Gasteiger partial charge in [0.1, 0.15) is 17.3 Å². The average Bonchev–Trinajstić information content (AvgIpc) is 3.45. The molecule has 6 heterocycles. The molecule has 2 aromatic carbocycles. The molecule has 12 nitrogen and oxygen atoms in total. The molecule has 10 rings (SSSR count). The summed E-state index contributed by atoms with van der Waals surface area (Å²) in [5, 5.41) is 38.5. The number of ether oxygens (including phenoxy) is 2. The maximum Gasteiger partial charge on any atom is 0.322 e. The molecule has 1 spiro atoms. The smallest absolute Gasteiger partial charge is 0.322 e. The Balaban J connectivity index is 1.29. The zero-order chi connectivity index (χ0) is 40.2. The highest BCUT2D eigenvalue weighted by Crippen LogP contribution is 2.69. The predicted octanol–water partition coefficient (Wildman–Crippen LogP) is 3.12. The third-order valence-electron chi connectivity index (χ3n) is 16.7. The van der Waals surface area contributed by atoms with Crippen LogP contribution in [0.15, 0.2) is 48.6 Å². The van der Waals surface area contributed by atoms with E-state index in [9.17, 15) is 20.1 Å². The standard InChI is InChI=1S/C45H57N5O7/c1-7-41-14-10-16-49-18-15-43(35(41)49)28-19-29(32(56-5)20-31(28)48(4)36(43)45(55,37(41)51)38(46)52)44(39(53)57-6)23-40-21-33(40)50(24-42(54,22-40)25(2)3)17-13-27-26-11-8-9-12-30(26)47-34(27)44/h8-12,14,19-20,25,33,35-37,47,51,54-55H,7,13,15-18,21-24H2,1-6H3,(H2,46,52). The Morgan fingerprint density at radius 1 is 1.05 bits per heavy atom. The van der Waals surface area contributed by atoms with Crippen LogP contribution in [0.3, 0.4) is 0 Å². The molecular weight excluding hydrogens is 723 g/mol. The lowest BCUT2D eigenvalue weighted by Crippen LogP contribution is -2.81. The van der Waals surface area contributed by atoms with Gasteiger partial charge >= 0.3 is 5.97 Å². The van der Waals surface area contributed by atoms with Crippen molar-refractivity contribution in [1.82, 2.24) is 14.8 Å². The number of benzene rings is 2. The molecule has 304 valence electrons. The highest BCUT2D eigenvalue weighted by atomic mass is 16.5. The van der Waals surface area contributed by atoms with E-state index in [0.29, 0.717) is 63.1 Å². The Kier molecular flexibility index (Phi) is 7.76. The summed E-state index contributed by atoms with van der Waals surface area (Å²) in [6, 6.07) is 11.3. The van der Waals surface area contributed by atoms with E-state index in [1.807, 2.05) is 49.2 Å². The Morgan fingerprint density at radius 2 is 1.82 bits per heavy atom. The zero-order valence-corrected chi connectivity index (χ0v) is 34.0. The number of carbonyl (C=O) groups is 2. The van der Waals surface area contributed by atoms with Crippen molar-refractivity contribution in [3.05, 3.63) is 70.9 Å². The Morgan fingerprint density at radius 3 is 2.53 bits per heavy atom. The number of methoxy groups -OCH3 is 2. The number of aliphatic hydroxyl groups is 3. The van der Waals surface area contributed by atoms with E-state index in [1.54, 1.807) is 7.11 Å². The quantitative estimate of drug-likeness (QED) is 0.186. The van der Waals surface area contributed by atoms with E-state index < -0.39 is 56.9 Å². The predicted molar refractivity (Wildman–Crippen MR) is 215 cm³/mol. The van der Waals surface area contributed by atoms with Gasteiger partial charge in [-0.05, 0) is 79.7 Å². The number of carbonyl (C=O) groups excluding carboxylic acids is 2. The lowest BCUT2D eigenvalue weighted by atomic mass is 9.47. The van der Waals surface area contributed by atoms with Crippen LogP contribution in [-0.2, 0) is 31.6 Å². The molecule has 11 atom stereocenters. The maximum absolute atomic E-state index is 15.4. The average molecular weight is 780 g/mol. The highest BCUT2D eigenvalue weighted by molar-refractivity contribution is 5.95. The van der Waals surface area contributed by atoms with Crippen LogP contribution < -0.4 is 15.4 Å². The fourth-order valence-electron chi connectivity index (χ4n) is 14.1. The number of esters is 1. The van der Waals surface area contributed by atoms with Gasteiger partial charge in [0.2, 0.25) is 0 Å². The van der Waals surface area contributed by atoms with Crippen molar-refractivity contribution in [2.24, 2.45) is 22.5 Å². The summed E-state index contributed by atoms with van der Waals surface area (Å²) in [6.45, 7) is 8.86. The summed E-state index contributed by atoms with van der Waals surface area (Å²) in [5.41, 5.74) is 4.37. The van der Waals surface area contributed by atoms with E-state index in [1.165, 1.54) is 7.11 Å². The van der Waals surface area contributed by atoms with E-state index >= 15 is 4.79 Å². The molecule has 2 bridgehead atoms. The fraction of sp³-hybridized carbons (Fsp3) is 0.600. The number of likely N-dealkylation sites (N-methyl/N-ethyl adjacent to an activating group) is 1. The van der Waals surface area contributed by atoms with Gasteiger partial charge in [0, 0.05) is 83.5 Å². The number of hydrogen-bond acceptors (Lipinski definition) is 10. The number of aromatic amines is 1. The lowest BCUT2D eigenvalue weighted by Gasteiger charge is -2.63. The number of amides is 1. The van der Waals surface area contributed by atoms with E-state index in [0.717, 1.165) is 46.4 Å². The minimum Gasteiger partial charge on any atom is -0.496 e. The summed E-state index contributed by atoms with van der Waals surface area (Å²) >= 11 is 0. The molecule has 1 amide bonds. The van der Waals surface area contributed by atoms with E-state index in [4.69, 9.17) is 15.2 Å². The van der Waals surface area contributed by atoms with Crippen LogP contribution in [0, 0.1) is 16.7 Å². The summed E-state index contributed by atoms with van der Waals surface area (Å²) < 4.78 is 12.4. The summed E-state index contributed by atoms with van der Waals surface area (Å²) in [7, 11) is 4.93. The van der Waals surface area contributed by atoms with Crippen molar-refractivity contribution in [1.29, 1.82) is 0 Å². The summed E-state index contributed by atoms with van der Waals surface area (Å²) in [5.74, 6) is -0.886. The SMILES string of the molecule is CCC12C=CCN3CCC4(c5cc(C6(C(=O)OC)CC78CC7N(CCc7c6[nH]c6ccccc76)CC(O)(C(C)C)C8)c(OC)cc5N(C)C4C(O)(C(N)=O)C1O)C32. The molecule has 12 heteroatoms. The fourth-order valence-corrected chi connectivity index (χ4v) is 14.1. The first-order valence-electron chi connectivity index (χ1n) is 20.9. The molecule has 6 N–H and O–H groups in total. The largest absolute Gasteiger partial charge is 0.496 e.